The van der Waals surface area contributed by atoms with E-state index in [1.165, 1.54) is 19.3 Å². The molecule has 0 saturated carbocycles. The Kier molecular flexibility index (Phi) is 13.7. The first kappa shape index (κ1) is 19.8. The Morgan fingerprint density at radius 2 is 1.75 bits per heavy atom. The minimum absolute atomic E-state index is 0.286. The summed E-state index contributed by atoms with van der Waals surface area (Å²) in [4.78, 5) is 0. The fourth-order valence-corrected chi connectivity index (χ4v) is 1.93. The zero-order chi connectivity index (χ0) is 15.2. The highest BCUT2D eigenvalue weighted by atomic mass is 16.5. The van der Waals surface area contributed by atoms with Crippen LogP contribution < -0.4 is 5.32 Å². The van der Waals surface area contributed by atoms with Crippen molar-refractivity contribution in [2.45, 2.75) is 65.5 Å². The second kappa shape index (κ2) is 13.8. The topological polar surface area (TPSA) is 50.7 Å². The lowest BCUT2D eigenvalue weighted by Crippen LogP contribution is -2.43. The molecule has 2 N–H and O–H groups in total. The van der Waals surface area contributed by atoms with Crippen molar-refractivity contribution in [1.82, 2.24) is 5.32 Å². The molecular formula is C16H35NO3. The largest absolute Gasteiger partial charge is 0.389 e. The molecule has 2 unspecified atom stereocenters. The van der Waals surface area contributed by atoms with Crippen LogP contribution >= 0.6 is 0 Å². The molecule has 122 valence electrons. The van der Waals surface area contributed by atoms with E-state index >= 15 is 0 Å². The van der Waals surface area contributed by atoms with Gasteiger partial charge in [-0.2, -0.15) is 0 Å². The number of nitrogens with one attached hydrogen (secondary N) is 1. The van der Waals surface area contributed by atoms with Gasteiger partial charge in [0.05, 0.1) is 19.3 Å². The third-order valence-corrected chi connectivity index (χ3v) is 3.37. The lowest BCUT2D eigenvalue weighted by atomic mass is 10.1. The highest BCUT2D eigenvalue weighted by Gasteiger charge is 2.14. The molecule has 4 nitrogen and oxygen atoms in total. The number of aliphatic hydroxyl groups is 1. The lowest BCUT2D eigenvalue weighted by molar-refractivity contribution is 0.0295. The van der Waals surface area contributed by atoms with Crippen LogP contribution in [0.15, 0.2) is 0 Å². The van der Waals surface area contributed by atoms with Crippen molar-refractivity contribution in [2.75, 3.05) is 33.0 Å². The van der Waals surface area contributed by atoms with Crippen LogP contribution in [0.4, 0.5) is 0 Å². The van der Waals surface area contributed by atoms with E-state index in [-0.39, 0.29) is 6.04 Å². The Balaban J connectivity index is 3.60. The van der Waals surface area contributed by atoms with Crippen molar-refractivity contribution in [1.29, 1.82) is 0 Å². The van der Waals surface area contributed by atoms with Crippen LogP contribution in [0.2, 0.25) is 0 Å². The van der Waals surface area contributed by atoms with Gasteiger partial charge in [0.1, 0.15) is 0 Å². The first-order valence-corrected chi connectivity index (χ1v) is 8.18. The van der Waals surface area contributed by atoms with Gasteiger partial charge in [-0.1, -0.05) is 40.0 Å². The van der Waals surface area contributed by atoms with E-state index in [1.54, 1.807) is 0 Å². The van der Waals surface area contributed by atoms with Crippen molar-refractivity contribution in [2.24, 2.45) is 5.92 Å². The molecule has 0 aromatic rings. The molecule has 0 heterocycles. The van der Waals surface area contributed by atoms with E-state index in [9.17, 15) is 5.11 Å². The third-order valence-electron chi connectivity index (χ3n) is 3.37. The van der Waals surface area contributed by atoms with Crippen molar-refractivity contribution in [3.8, 4) is 0 Å². The predicted molar refractivity (Wildman–Crippen MR) is 84.1 cm³/mol. The Morgan fingerprint density at radius 1 is 1.00 bits per heavy atom. The van der Waals surface area contributed by atoms with Crippen LogP contribution in [0, 0.1) is 5.92 Å². The smallest absolute Gasteiger partial charge is 0.0897 e. The zero-order valence-electron chi connectivity index (χ0n) is 13.9. The molecule has 0 spiro atoms. The molecule has 0 amide bonds. The first-order valence-electron chi connectivity index (χ1n) is 8.18. The quantitative estimate of drug-likeness (QED) is 0.483. The monoisotopic (exact) mass is 289 g/mol. The van der Waals surface area contributed by atoms with Gasteiger partial charge in [0.25, 0.3) is 0 Å². The Hall–Kier alpha value is -0.160. The van der Waals surface area contributed by atoms with Gasteiger partial charge in [0.2, 0.25) is 0 Å². The molecule has 0 aliphatic rings. The van der Waals surface area contributed by atoms with E-state index in [0.717, 1.165) is 19.6 Å². The summed E-state index contributed by atoms with van der Waals surface area (Å²) in [5, 5.41) is 13.2. The molecule has 0 aromatic heterocycles. The summed E-state index contributed by atoms with van der Waals surface area (Å²) in [6, 6.07) is 0.286. The van der Waals surface area contributed by atoms with Crippen molar-refractivity contribution in [3.05, 3.63) is 0 Å². The molecule has 0 bridgehead atoms. The number of unbranched alkanes of at least 4 members (excludes halogenated alkanes) is 3. The van der Waals surface area contributed by atoms with E-state index in [2.05, 4.69) is 26.1 Å². The fourth-order valence-electron chi connectivity index (χ4n) is 1.93. The number of hydrogen-bond acceptors (Lipinski definition) is 4. The average Bonchev–Trinajstić information content (AvgIpc) is 2.42. The molecule has 2 atom stereocenters. The Morgan fingerprint density at radius 3 is 2.35 bits per heavy atom. The number of ether oxygens (including phenoxy) is 2. The van der Waals surface area contributed by atoms with E-state index in [0.29, 0.717) is 25.7 Å². The van der Waals surface area contributed by atoms with E-state index in [1.807, 2.05) is 6.92 Å². The molecule has 0 aliphatic heterocycles. The van der Waals surface area contributed by atoms with Gasteiger partial charge in [0, 0.05) is 25.8 Å². The molecule has 0 aromatic carbocycles. The summed E-state index contributed by atoms with van der Waals surface area (Å²) in [6.07, 6.45) is 4.37. The van der Waals surface area contributed by atoms with Gasteiger partial charge < -0.3 is 19.9 Å². The van der Waals surface area contributed by atoms with Gasteiger partial charge >= 0.3 is 0 Å². The van der Waals surface area contributed by atoms with Gasteiger partial charge in [-0.05, 0) is 19.3 Å². The van der Waals surface area contributed by atoms with Crippen LogP contribution in [0.3, 0.4) is 0 Å². The van der Waals surface area contributed by atoms with Gasteiger partial charge in [-0.3, -0.25) is 0 Å². The third kappa shape index (κ3) is 11.6. The van der Waals surface area contributed by atoms with Crippen LogP contribution in [-0.2, 0) is 9.47 Å². The minimum Gasteiger partial charge on any atom is -0.389 e. The summed E-state index contributed by atoms with van der Waals surface area (Å²) < 4.78 is 10.9. The average molecular weight is 289 g/mol. The van der Waals surface area contributed by atoms with Gasteiger partial charge in [0.15, 0.2) is 0 Å². The summed E-state index contributed by atoms with van der Waals surface area (Å²) >= 11 is 0. The summed E-state index contributed by atoms with van der Waals surface area (Å²) in [7, 11) is 0. The molecule has 20 heavy (non-hydrogen) atoms. The van der Waals surface area contributed by atoms with Crippen molar-refractivity contribution >= 4 is 0 Å². The Labute approximate surface area is 125 Å². The van der Waals surface area contributed by atoms with Crippen molar-refractivity contribution < 1.29 is 14.6 Å². The molecule has 0 radical (unpaired) electrons. The molecular weight excluding hydrogens is 254 g/mol. The lowest BCUT2D eigenvalue weighted by Gasteiger charge is -2.23. The fraction of sp³-hybridized carbons (Fsp3) is 1.00. The molecule has 0 aliphatic carbocycles. The molecule has 0 rings (SSSR count). The maximum absolute atomic E-state index is 9.88. The molecule has 0 fully saturated rings. The van der Waals surface area contributed by atoms with Crippen LogP contribution in [-0.4, -0.2) is 50.2 Å². The maximum Gasteiger partial charge on any atom is 0.0897 e. The normalized spacial score (nSPS) is 14.7. The van der Waals surface area contributed by atoms with Gasteiger partial charge in [-0.25, -0.2) is 0 Å². The number of rotatable bonds is 14. The van der Waals surface area contributed by atoms with E-state index < -0.39 is 6.10 Å². The summed E-state index contributed by atoms with van der Waals surface area (Å²) in [5.41, 5.74) is 0. The van der Waals surface area contributed by atoms with Gasteiger partial charge in [-0.15, -0.1) is 0 Å². The summed E-state index contributed by atoms with van der Waals surface area (Å²) in [6.45, 7) is 11.7. The SMILES string of the molecule is CCCCCCOCC(O)CNC(COCC)C(C)C. The first-order chi connectivity index (χ1) is 9.61. The zero-order valence-corrected chi connectivity index (χ0v) is 13.9. The summed E-state index contributed by atoms with van der Waals surface area (Å²) in [5.74, 6) is 0.490. The number of hydrogen-bond donors (Lipinski definition) is 2. The number of aliphatic hydroxyl groups excluding tert-OH is 1. The van der Waals surface area contributed by atoms with E-state index in [4.69, 9.17) is 9.47 Å². The standard InChI is InChI=1S/C16H35NO3/c1-5-7-8-9-10-20-12-15(18)11-17-16(14(3)4)13-19-6-2/h14-18H,5-13H2,1-4H3. The van der Waals surface area contributed by atoms with Crippen LogP contribution in [0.5, 0.6) is 0 Å². The minimum atomic E-state index is -0.441. The van der Waals surface area contributed by atoms with Crippen LogP contribution in [0.1, 0.15) is 53.4 Å². The maximum atomic E-state index is 9.88. The molecule has 0 saturated heterocycles. The highest BCUT2D eigenvalue weighted by Crippen LogP contribution is 2.03. The second-order valence-electron chi connectivity index (χ2n) is 5.71. The van der Waals surface area contributed by atoms with Crippen LogP contribution in [0.25, 0.3) is 0 Å². The molecule has 4 heteroatoms. The predicted octanol–water partition coefficient (Wildman–Crippen LogP) is 2.59. The Bertz CT molecular complexity index is 200. The second-order valence-corrected chi connectivity index (χ2v) is 5.71. The van der Waals surface area contributed by atoms with Crippen molar-refractivity contribution in [3.63, 3.8) is 0 Å². The highest BCUT2D eigenvalue weighted by molar-refractivity contribution is 4.72.